The second-order valence-electron chi connectivity index (χ2n) is 4.35. The number of rotatable bonds is 5. The van der Waals surface area contributed by atoms with Crippen LogP contribution in [0.1, 0.15) is 31.7 Å². The van der Waals surface area contributed by atoms with Gasteiger partial charge in [0.25, 0.3) is 0 Å². The molecule has 0 spiro atoms. The van der Waals surface area contributed by atoms with Crippen LogP contribution >= 0.6 is 0 Å². The first-order chi connectivity index (χ1) is 7.08. The molecule has 1 aromatic rings. The van der Waals surface area contributed by atoms with Crippen molar-refractivity contribution in [1.29, 1.82) is 0 Å². The van der Waals surface area contributed by atoms with Crippen molar-refractivity contribution in [3.8, 4) is 0 Å². The summed E-state index contributed by atoms with van der Waals surface area (Å²) in [6.45, 7) is 6.55. The number of nitrogens with one attached hydrogen (secondary N) is 1. The number of aryl methyl sites for hydroxylation is 2. The van der Waals surface area contributed by atoms with E-state index in [1.54, 1.807) is 0 Å². The molecule has 0 saturated heterocycles. The summed E-state index contributed by atoms with van der Waals surface area (Å²) in [6, 6.07) is 2.75. The van der Waals surface area contributed by atoms with Crippen molar-refractivity contribution in [2.24, 2.45) is 13.0 Å². The molecule has 1 aromatic heterocycles. The van der Waals surface area contributed by atoms with Crippen molar-refractivity contribution in [1.82, 2.24) is 15.1 Å². The fourth-order valence-electron chi connectivity index (χ4n) is 2.03. The minimum atomic E-state index is 0.560. The Labute approximate surface area is 92.9 Å². The lowest BCUT2D eigenvalue weighted by Crippen LogP contribution is -2.31. The first kappa shape index (κ1) is 12.2. The molecular formula is C12H23N3. The summed E-state index contributed by atoms with van der Waals surface area (Å²) in [6.07, 6.45) is 2.31. The van der Waals surface area contributed by atoms with Crippen LogP contribution in [0.5, 0.6) is 0 Å². The fourth-order valence-corrected chi connectivity index (χ4v) is 2.03. The Morgan fingerprint density at radius 1 is 1.53 bits per heavy atom. The summed E-state index contributed by atoms with van der Waals surface area (Å²) in [5, 5.41) is 7.71. The van der Waals surface area contributed by atoms with Crippen LogP contribution in [0, 0.1) is 12.8 Å². The van der Waals surface area contributed by atoms with Crippen LogP contribution in [0.3, 0.4) is 0 Å². The van der Waals surface area contributed by atoms with Gasteiger partial charge in [0.15, 0.2) is 0 Å². The molecule has 1 rings (SSSR count). The SMILES string of the molecule is CCC(Cc1cc(C)nn1C)C(C)NC. The highest BCUT2D eigenvalue weighted by Gasteiger charge is 2.16. The molecule has 0 aliphatic heterocycles. The molecule has 0 saturated carbocycles. The summed E-state index contributed by atoms with van der Waals surface area (Å²) in [7, 11) is 4.06. The molecule has 0 radical (unpaired) electrons. The van der Waals surface area contributed by atoms with Crippen molar-refractivity contribution in [3.05, 3.63) is 17.5 Å². The van der Waals surface area contributed by atoms with Crippen molar-refractivity contribution in [2.45, 2.75) is 39.7 Å². The number of hydrogen-bond acceptors (Lipinski definition) is 2. The minimum absolute atomic E-state index is 0.560. The van der Waals surface area contributed by atoms with E-state index in [9.17, 15) is 0 Å². The largest absolute Gasteiger partial charge is 0.317 e. The van der Waals surface area contributed by atoms with Gasteiger partial charge in [-0.25, -0.2) is 0 Å². The van der Waals surface area contributed by atoms with Crippen LogP contribution in [0.2, 0.25) is 0 Å². The molecule has 86 valence electrons. The summed E-state index contributed by atoms with van der Waals surface area (Å²) in [5.74, 6) is 0.685. The standard InChI is InChI=1S/C12H23N3/c1-6-11(10(3)13-4)8-12-7-9(2)14-15(12)5/h7,10-11,13H,6,8H2,1-5H3. The van der Waals surface area contributed by atoms with Crippen LogP contribution in [0.15, 0.2) is 6.07 Å². The van der Waals surface area contributed by atoms with Crippen molar-refractivity contribution in [3.63, 3.8) is 0 Å². The molecule has 15 heavy (non-hydrogen) atoms. The fraction of sp³-hybridized carbons (Fsp3) is 0.750. The molecule has 3 nitrogen and oxygen atoms in total. The first-order valence-electron chi connectivity index (χ1n) is 5.75. The second kappa shape index (κ2) is 5.31. The third-order valence-electron chi connectivity index (χ3n) is 3.26. The molecule has 3 heteroatoms. The maximum atomic E-state index is 4.38. The van der Waals surface area contributed by atoms with Crippen LogP contribution in [-0.2, 0) is 13.5 Å². The van der Waals surface area contributed by atoms with Gasteiger partial charge in [0.2, 0.25) is 0 Å². The molecule has 2 unspecified atom stereocenters. The Morgan fingerprint density at radius 3 is 2.60 bits per heavy atom. The number of nitrogens with zero attached hydrogens (tertiary/aromatic N) is 2. The maximum Gasteiger partial charge on any atom is 0.0596 e. The van der Waals surface area contributed by atoms with Gasteiger partial charge in [-0.15, -0.1) is 0 Å². The first-order valence-corrected chi connectivity index (χ1v) is 5.75. The highest BCUT2D eigenvalue weighted by atomic mass is 15.3. The van der Waals surface area contributed by atoms with Crippen LogP contribution in [-0.4, -0.2) is 22.9 Å². The molecular weight excluding hydrogens is 186 g/mol. The van der Waals surface area contributed by atoms with Gasteiger partial charge >= 0.3 is 0 Å². The monoisotopic (exact) mass is 209 g/mol. The van der Waals surface area contributed by atoms with Crippen molar-refractivity contribution in [2.75, 3.05) is 7.05 Å². The summed E-state index contributed by atoms with van der Waals surface area (Å²) < 4.78 is 2.00. The van der Waals surface area contributed by atoms with Gasteiger partial charge in [-0.3, -0.25) is 4.68 Å². The Hall–Kier alpha value is -0.830. The van der Waals surface area contributed by atoms with E-state index in [-0.39, 0.29) is 0 Å². The maximum absolute atomic E-state index is 4.38. The zero-order valence-corrected chi connectivity index (χ0v) is 10.5. The highest BCUT2D eigenvalue weighted by Crippen LogP contribution is 2.16. The summed E-state index contributed by atoms with van der Waals surface area (Å²) >= 11 is 0. The molecule has 2 atom stereocenters. The third-order valence-corrected chi connectivity index (χ3v) is 3.26. The molecule has 0 fully saturated rings. The van der Waals surface area contributed by atoms with E-state index in [2.05, 4.69) is 30.3 Å². The Kier molecular flexibility index (Phi) is 4.33. The van der Waals surface area contributed by atoms with E-state index in [0.29, 0.717) is 12.0 Å². The van der Waals surface area contributed by atoms with E-state index in [1.807, 2.05) is 25.7 Å². The van der Waals surface area contributed by atoms with Gasteiger partial charge in [-0.05, 0) is 39.3 Å². The lowest BCUT2D eigenvalue weighted by atomic mass is 9.93. The predicted octanol–water partition coefficient (Wildman–Crippen LogP) is 1.91. The zero-order chi connectivity index (χ0) is 11.4. The highest BCUT2D eigenvalue weighted by molar-refractivity contribution is 5.09. The lowest BCUT2D eigenvalue weighted by Gasteiger charge is -2.22. The van der Waals surface area contributed by atoms with E-state index in [0.717, 1.165) is 12.1 Å². The minimum Gasteiger partial charge on any atom is -0.317 e. The lowest BCUT2D eigenvalue weighted by molar-refractivity contribution is 0.374. The molecule has 0 amide bonds. The molecule has 0 aliphatic rings. The second-order valence-corrected chi connectivity index (χ2v) is 4.35. The smallest absolute Gasteiger partial charge is 0.0596 e. The van der Waals surface area contributed by atoms with Gasteiger partial charge in [0, 0.05) is 18.8 Å². The van der Waals surface area contributed by atoms with Gasteiger partial charge < -0.3 is 5.32 Å². The average Bonchev–Trinajstić information content (AvgIpc) is 2.52. The molecule has 0 bridgehead atoms. The number of hydrogen-bond donors (Lipinski definition) is 1. The normalized spacial score (nSPS) is 15.3. The zero-order valence-electron chi connectivity index (χ0n) is 10.5. The quantitative estimate of drug-likeness (QED) is 0.802. The molecule has 1 heterocycles. The van der Waals surface area contributed by atoms with Crippen LogP contribution in [0.4, 0.5) is 0 Å². The van der Waals surface area contributed by atoms with Gasteiger partial charge in [-0.1, -0.05) is 13.3 Å². The van der Waals surface area contributed by atoms with Gasteiger partial charge in [0.1, 0.15) is 0 Å². The Morgan fingerprint density at radius 2 is 2.20 bits per heavy atom. The molecule has 1 N–H and O–H groups in total. The molecule has 0 aliphatic carbocycles. The summed E-state index contributed by atoms with van der Waals surface area (Å²) in [5.41, 5.74) is 2.45. The predicted molar refractivity (Wildman–Crippen MR) is 64.0 cm³/mol. The average molecular weight is 209 g/mol. The van der Waals surface area contributed by atoms with E-state index < -0.39 is 0 Å². The summed E-state index contributed by atoms with van der Waals surface area (Å²) in [4.78, 5) is 0. The Bertz CT molecular complexity index is 304. The van der Waals surface area contributed by atoms with Gasteiger partial charge in [0.05, 0.1) is 5.69 Å². The van der Waals surface area contributed by atoms with E-state index in [4.69, 9.17) is 0 Å². The molecule has 0 aromatic carbocycles. The third kappa shape index (κ3) is 3.06. The van der Waals surface area contributed by atoms with Crippen LogP contribution in [0.25, 0.3) is 0 Å². The topological polar surface area (TPSA) is 29.9 Å². The van der Waals surface area contributed by atoms with Gasteiger partial charge in [-0.2, -0.15) is 5.10 Å². The van der Waals surface area contributed by atoms with E-state index in [1.165, 1.54) is 12.1 Å². The number of aromatic nitrogens is 2. The Balaban J connectivity index is 2.70. The van der Waals surface area contributed by atoms with Crippen LogP contribution < -0.4 is 5.32 Å². The van der Waals surface area contributed by atoms with Crippen molar-refractivity contribution >= 4 is 0 Å². The van der Waals surface area contributed by atoms with E-state index >= 15 is 0 Å². The van der Waals surface area contributed by atoms with Crippen molar-refractivity contribution < 1.29 is 0 Å².